The third kappa shape index (κ3) is 3.57. The molecule has 0 heterocycles. The van der Waals surface area contributed by atoms with Gasteiger partial charge < -0.3 is 0 Å². The summed E-state index contributed by atoms with van der Waals surface area (Å²) in [5.74, 6) is 6.91. The molecule has 0 aromatic heterocycles. The summed E-state index contributed by atoms with van der Waals surface area (Å²) in [4.78, 5) is 0. The van der Waals surface area contributed by atoms with E-state index >= 15 is 0 Å². The molecule has 0 aliphatic heterocycles. The van der Waals surface area contributed by atoms with Gasteiger partial charge in [0, 0.05) is 0 Å². The fourth-order valence-electron chi connectivity index (χ4n) is 5.54. The summed E-state index contributed by atoms with van der Waals surface area (Å²) < 4.78 is 0. The van der Waals surface area contributed by atoms with E-state index in [1.807, 2.05) is 0 Å². The quantitative estimate of drug-likeness (QED) is 0.516. The lowest BCUT2D eigenvalue weighted by molar-refractivity contribution is 0.0303. The van der Waals surface area contributed by atoms with Crippen LogP contribution < -0.4 is 0 Å². The van der Waals surface area contributed by atoms with Crippen molar-refractivity contribution in [1.82, 2.24) is 0 Å². The van der Waals surface area contributed by atoms with Crippen LogP contribution in [0.2, 0.25) is 0 Å². The van der Waals surface area contributed by atoms with Gasteiger partial charge in [0.05, 0.1) is 0 Å². The Balaban J connectivity index is 2.17. The van der Waals surface area contributed by atoms with Crippen molar-refractivity contribution in [3.8, 4) is 0 Å². The highest BCUT2D eigenvalue weighted by Crippen LogP contribution is 2.51. The van der Waals surface area contributed by atoms with Crippen molar-refractivity contribution in [2.75, 3.05) is 0 Å². The average Bonchev–Trinajstić information content (AvgIpc) is 2.43. The molecule has 7 unspecified atom stereocenters. The van der Waals surface area contributed by atoms with Gasteiger partial charge in [-0.2, -0.15) is 0 Å². The molecule has 2 aliphatic carbocycles. The summed E-state index contributed by atoms with van der Waals surface area (Å²) in [6.07, 6.45) is 7.16. The first-order valence-electron chi connectivity index (χ1n) is 9.50. The van der Waals surface area contributed by atoms with Crippen LogP contribution in [0.4, 0.5) is 0 Å². The largest absolute Gasteiger partial charge is 0.0996 e. The second kappa shape index (κ2) is 6.88. The predicted molar refractivity (Wildman–Crippen MR) is 94.2 cm³/mol. The molecule has 0 spiro atoms. The second-order valence-electron chi connectivity index (χ2n) is 8.89. The van der Waals surface area contributed by atoms with Crippen LogP contribution in [-0.4, -0.2) is 0 Å². The molecule has 0 nitrogen and oxygen atoms in total. The Bertz CT molecular complexity index is 353. The van der Waals surface area contributed by atoms with Crippen molar-refractivity contribution in [2.45, 2.75) is 73.6 Å². The molecule has 2 saturated carbocycles. The molecular formula is C21H38. The Morgan fingerprint density at radius 2 is 1.71 bits per heavy atom. The van der Waals surface area contributed by atoms with Gasteiger partial charge in [-0.25, -0.2) is 0 Å². The molecule has 0 heteroatoms. The summed E-state index contributed by atoms with van der Waals surface area (Å²) in [6, 6.07) is 0. The van der Waals surface area contributed by atoms with Crippen molar-refractivity contribution in [3.63, 3.8) is 0 Å². The number of hydrogen-bond acceptors (Lipinski definition) is 0. The lowest BCUT2D eigenvalue weighted by Crippen LogP contribution is -2.42. The van der Waals surface area contributed by atoms with Crippen LogP contribution in [0.5, 0.6) is 0 Å². The summed E-state index contributed by atoms with van der Waals surface area (Å²) in [5, 5.41) is 0. The smallest absolute Gasteiger partial charge is 0.0206 e. The fraction of sp³-hybridized carbons (Fsp3) is 0.905. The first-order valence-corrected chi connectivity index (χ1v) is 9.50. The van der Waals surface area contributed by atoms with E-state index in [9.17, 15) is 0 Å². The summed E-state index contributed by atoms with van der Waals surface area (Å²) >= 11 is 0. The molecule has 0 amide bonds. The van der Waals surface area contributed by atoms with E-state index in [2.05, 4.69) is 48.1 Å². The maximum atomic E-state index is 4.40. The van der Waals surface area contributed by atoms with Gasteiger partial charge in [0.15, 0.2) is 0 Å². The first-order chi connectivity index (χ1) is 9.82. The van der Waals surface area contributed by atoms with E-state index in [0.29, 0.717) is 5.92 Å². The van der Waals surface area contributed by atoms with E-state index in [1.54, 1.807) is 0 Å². The molecule has 0 radical (unpaired) electrons. The van der Waals surface area contributed by atoms with Crippen molar-refractivity contribution in [2.24, 2.45) is 47.3 Å². The van der Waals surface area contributed by atoms with Gasteiger partial charge in [-0.15, -0.1) is 0 Å². The molecule has 0 bridgehead atoms. The lowest BCUT2D eigenvalue weighted by Gasteiger charge is -2.49. The monoisotopic (exact) mass is 290 g/mol. The third-order valence-electron chi connectivity index (χ3n) is 7.22. The van der Waals surface area contributed by atoms with Gasteiger partial charge in [-0.3, -0.25) is 0 Å². The Hall–Kier alpha value is -0.260. The van der Waals surface area contributed by atoms with E-state index in [4.69, 9.17) is 0 Å². The zero-order chi connectivity index (χ0) is 15.7. The van der Waals surface area contributed by atoms with Gasteiger partial charge in [0.25, 0.3) is 0 Å². The van der Waals surface area contributed by atoms with Crippen molar-refractivity contribution < 1.29 is 0 Å². The van der Waals surface area contributed by atoms with E-state index in [0.717, 1.165) is 41.4 Å². The van der Waals surface area contributed by atoms with Gasteiger partial charge in [-0.1, -0.05) is 73.0 Å². The lowest BCUT2D eigenvalue weighted by atomic mass is 9.56. The van der Waals surface area contributed by atoms with Gasteiger partial charge in [0.2, 0.25) is 0 Å². The molecule has 2 aliphatic rings. The highest BCUT2D eigenvalue weighted by atomic mass is 14.5. The highest BCUT2D eigenvalue weighted by Gasteiger charge is 2.43. The minimum absolute atomic E-state index is 0.716. The van der Waals surface area contributed by atoms with Crippen LogP contribution in [0.1, 0.15) is 73.6 Å². The number of hydrogen-bond donors (Lipinski definition) is 0. The average molecular weight is 291 g/mol. The Morgan fingerprint density at radius 3 is 2.29 bits per heavy atom. The normalized spacial score (nSPS) is 43.1. The highest BCUT2D eigenvalue weighted by molar-refractivity contribution is 5.10. The van der Waals surface area contributed by atoms with Crippen LogP contribution >= 0.6 is 0 Å². The summed E-state index contributed by atoms with van der Waals surface area (Å²) in [6.45, 7) is 19.2. The van der Waals surface area contributed by atoms with Crippen molar-refractivity contribution >= 4 is 0 Å². The van der Waals surface area contributed by atoms with Crippen LogP contribution in [0.25, 0.3) is 0 Å². The Morgan fingerprint density at radius 1 is 1.05 bits per heavy atom. The fourth-order valence-corrected chi connectivity index (χ4v) is 5.54. The molecule has 21 heavy (non-hydrogen) atoms. The number of allylic oxidation sites excluding steroid dienone is 1. The molecule has 0 saturated heterocycles. The molecule has 0 N–H and O–H groups in total. The molecular weight excluding hydrogens is 252 g/mol. The van der Waals surface area contributed by atoms with Gasteiger partial charge >= 0.3 is 0 Å². The standard InChI is InChI=1S/C21H38/c1-13(2)20-12-15(4)16(5)17(6)21(20)18(7)19-10-8-9-14(3)11-19/h13-14,16-21H,4,8-12H2,1-3,5-7H3. The maximum Gasteiger partial charge on any atom is -0.0206 e. The van der Waals surface area contributed by atoms with Gasteiger partial charge in [0.1, 0.15) is 0 Å². The topological polar surface area (TPSA) is 0 Å². The van der Waals surface area contributed by atoms with Crippen molar-refractivity contribution in [3.05, 3.63) is 12.2 Å². The van der Waals surface area contributed by atoms with Crippen molar-refractivity contribution in [1.29, 1.82) is 0 Å². The zero-order valence-corrected chi connectivity index (χ0v) is 15.4. The third-order valence-corrected chi connectivity index (χ3v) is 7.22. The molecule has 122 valence electrons. The SMILES string of the molecule is C=C1CC(C(C)C)C(C(C)C2CCCC(C)C2)C(C)C1C. The number of rotatable bonds is 3. The second-order valence-corrected chi connectivity index (χ2v) is 8.89. The summed E-state index contributed by atoms with van der Waals surface area (Å²) in [7, 11) is 0. The van der Waals surface area contributed by atoms with Crippen LogP contribution in [0.3, 0.4) is 0 Å². The zero-order valence-electron chi connectivity index (χ0n) is 15.4. The molecule has 2 rings (SSSR count). The molecule has 0 aromatic carbocycles. The molecule has 2 fully saturated rings. The predicted octanol–water partition coefficient (Wildman–Crippen LogP) is 6.57. The minimum atomic E-state index is 0.716. The summed E-state index contributed by atoms with van der Waals surface area (Å²) in [5.41, 5.74) is 1.52. The van der Waals surface area contributed by atoms with E-state index in [-0.39, 0.29) is 0 Å². The van der Waals surface area contributed by atoms with Crippen LogP contribution in [0.15, 0.2) is 12.2 Å². The van der Waals surface area contributed by atoms with E-state index < -0.39 is 0 Å². The maximum absolute atomic E-state index is 4.40. The minimum Gasteiger partial charge on any atom is -0.0996 e. The first kappa shape index (κ1) is 17.1. The van der Waals surface area contributed by atoms with Crippen LogP contribution in [0, 0.1) is 47.3 Å². The van der Waals surface area contributed by atoms with E-state index in [1.165, 1.54) is 37.7 Å². The molecule has 0 aromatic rings. The Kier molecular flexibility index (Phi) is 5.60. The molecule has 7 atom stereocenters. The van der Waals surface area contributed by atoms with Crippen LogP contribution in [-0.2, 0) is 0 Å². The Labute approximate surface area is 133 Å². The van der Waals surface area contributed by atoms with Gasteiger partial charge in [-0.05, 0) is 60.2 Å².